The van der Waals surface area contributed by atoms with E-state index < -0.39 is 12.0 Å². The molecule has 5 rings (SSSR count). The average molecular weight is 612 g/mol. The topological polar surface area (TPSA) is 77.1 Å². The second-order valence-corrected chi connectivity index (χ2v) is 11.2. The molecule has 210 valence electrons. The SMILES string of the molecule is COc1ccc(N2C(=O)CCC(C(=O)NCC3(c4cc(F)cc(Br)c4)CC3)C2c2ccc(OC)c(OC)c2)cc1. The summed E-state index contributed by atoms with van der Waals surface area (Å²) in [5.74, 6) is 0.695. The first-order valence-corrected chi connectivity index (χ1v) is 14.0. The zero-order chi connectivity index (χ0) is 28.4. The van der Waals surface area contributed by atoms with Crippen molar-refractivity contribution in [3.05, 3.63) is 82.1 Å². The molecule has 1 aliphatic carbocycles. The van der Waals surface area contributed by atoms with Gasteiger partial charge in [-0.2, -0.15) is 0 Å². The van der Waals surface area contributed by atoms with Crippen LogP contribution in [0.1, 0.15) is 42.9 Å². The number of hydrogen-bond donors (Lipinski definition) is 1. The second-order valence-electron chi connectivity index (χ2n) is 10.3. The molecule has 1 N–H and O–H groups in total. The smallest absolute Gasteiger partial charge is 0.227 e. The van der Waals surface area contributed by atoms with Gasteiger partial charge in [0.2, 0.25) is 11.8 Å². The van der Waals surface area contributed by atoms with Crippen LogP contribution in [0.4, 0.5) is 10.1 Å². The van der Waals surface area contributed by atoms with Crippen LogP contribution in [0, 0.1) is 11.7 Å². The van der Waals surface area contributed by atoms with E-state index in [1.165, 1.54) is 6.07 Å². The number of anilines is 1. The molecule has 1 aliphatic heterocycles. The maximum atomic E-state index is 14.1. The molecule has 1 saturated heterocycles. The molecule has 40 heavy (non-hydrogen) atoms. The minimum atomic E-state index is -0.576. The largest absolute Gasteiger partial charge is 0.497 e. The van der Waals surface area contributed by atoms with Gasteiger partial charge in [-0.1, -0.05) is 22.0 Å². The molecule has 2 unspecified atom stereocenters. The standard InChI is InChI=1S/C31H32BrFN2O5/c1-38-24-7-5-23(6-8-24)35-28(36)11-9-25(29(35)19-4-10-26(39-2)27(14-19)40-3)30(37)34-18-31(12-13-31)20-15-21(32)17-22(33)16-20/h4-8,10,14-17,25,29H,9,11-13,18H2,1-3H3,(H,34,37). The zero-order valence-corrected chi connectivity index (χ0v) is 24.3. The van der Waals surface area contributed by atoms with E-state index in [1.54, 1.807) is 50.5 Å². The Hall–Kier alpha value is -3.59. The average Bonchev–Trinajstić information content (AvgIpc) is 3.76. The van der Waals surface area contributed by atoms with E-state index in [1.807, 2.05) is 30.3 Å². The molecule has 1 heterocycles. The summed E-state index contributed by atoms with van der Waals surface area (Å²) in [6.45, 7) is 0.396. The third-order valence-corrected chi connectivity index (χ3v) is 8.42. The predicted octanol–water partition coefficient (Wildman–Crippen LogP) is 5.95. The van der Waals surface area contributed by atoms with Crippen LogP contribution in [0.5, 0.6) is 17.2 Å². The van der Waals surface area contributed by atoms with Gasteiger partial charge in [-0.25, -0.2) is 4.39 Å². The molecule has 0 bridgehead atoms. The highest BCUT2D eigenvalue weighted by molar-refractivity contribution is 9.10. The molecule has 0 radical (unpaired) electrons. The number of rotatable bonds is 9. The first-order chi connectivity index (χ1) is 19.3. The molecule has 0 spiro atoms. The van der Waals surface area contributed by atoms with E-state index in [-0.39, 0.29) is 29.5 Å². The minimum Gasteiger partial charge on any atom is -0.497 e. The number of halogens is 2. The maximum absolute atomic E-state index is 14.1. The van der Waals surface area contributed by atoms with Crippen LogP contribution in [0.3, 0.4) is 0 Å². The van der Waals surface area contributed by atoms with Crippen molar-refractivity contribution in [2.75, 3.05) is 32.8 Å². The lowest BCUT2D eigenvalue weighted by Crippen LogP contribution is -2.49. The lowest BCUT2D eigenvalue weighted by molar-refractivity contribution is -0.129. The van der Waals surface area contributed by atoms with Crippen LogP contribution in [-0.2, 0) is 15.0 Å². The molecule has 7 nitrogen and oxygen atoms in total. The fourth-order valence-electron chi connectivity index (χ4n) is 5.60. The van der Waals surface area contributed by atoms with Gasteiger partial charge in [0.15, 0.2) is 11.5 Å². The summed E-state index contributed by atoms with van der Waals surface area (Å²) in [6.07, 6.45) is 2.36. The van der Waals surface area contributed by atoms with Gasteiger partial charge < -0.3 is 24.4 Å². The maximum Gasteiger partial charge on any atom is 0.227 e. The number of carbonyl (C=O) groups excluding carboxylic acids is 2. The van der Waals surface area contributed by atoms with Crippen LogP contribution in [0.15, 0.2) is 65.1 Å². The predicted molar refractivity (Wildman–Crippen MR) is 154 cm³/mol. The molecule has 2 fully saturated rings. The van der Waals surface area contributed by atoms with Gasteiger partial charge >= 0.3 is 0 Å². The highest BCUT2D eigenvalue weighted by Gasteiger charge is 2.47. The highest BCUT2D eigenvalue weighted by Crippen LogP contribution is 2.49. The Balaban J connectivity index is 1.47. The van der Waals surface area contributed by atoms with E-state index in [0.29, 0.717) is 40.4 Å². The van der Waals surface area contributed by atoms with Crippen molar-refractivity contribution in [3.63, 3.8) is 0 Å². The summed E-state index contributed by atoms with van der Waals surface area (Å²) in [7, 11) is 4.70. The lowest BCUT2D eigenvalue weighted by atomic mass is 9.82. The normalized spacial score (nSPS) is 19.6. The van der Waals surface area contributed by atoms with E-state index >= 15 is 0 Å². The number of methoxy groups -OCH3 is 3. The molecule has 2 atom stereocenters. The van der Waals surface area contributed by atoms with Gasteiger partial charge in [0.1, 0.15) is 11.6 Å². The Labute approximate surface area is 241 Å². The second kappa shape index (κ2) is 11.5. The quantitative estimate of drug-likeness (QED) is 0.324. The van der Waals surface area contributed by atoms with Crippen LogP contribution < -0.4 is 24.4 Å². The summed E-state index contributed by atoms with van der Waals surface area (Å²) in [6, 6.07) is 17.0. The molecule has 2 amide bonds. The number of amides is 2. The van der Waals surface area contributed by atoms with E-state index in [0.717, 1.165) is 24.0 Å². The van der Waals surface area contributed by atoms with E-state index in [4.69, 9.17) is 14.2 Å². The number of carbonyl (C=O) groups is 2. The van der Waals surface area contributed by atoms with Crippen LogP contribution >= 0.6 is 15.9 Å². The summed E-state index contributed by atoms with van der Waals surface area (Å²) < 4.78 is 31.1. The fourth-order valence-corrected chi connectivity index (χ4v) is 6.06. The number of piperidine rings is 1. The monoisotopic (exact) mass is 610 g/mol. The van der Waals surface area contributed by atoms with Gasteiger partial charge in [-0.15, -0.1) is 0 Å². The first-order valence-electron chi connectivity index (χ1n) is 13.2. The Kier molecular flexibility index (Phi) is 8.03. The van der Waals surface area contributed by atoms with Gasteiger partial charge in [0.05, 0.1) is 33.3 Å². The molecular weight excluding hydrogens is 579 g/mol. The minimum absolute atomic E-state index is 0.0720. The molecular formula is C31H32BrFN2O5. The number of nitrogens with one attached hydrogen (secondary N) is 1. The first kappa shape index (κ1) is 28.0. The van der Waals surface area contributed by atoms with Crippen molar-refractivity contribution < 1.29 is 28.2 Å². The number of ether oxygens (including phenoxy) is 3. The molecule has 0 aromatic heterocycles. The molecule has 9 heteroatoms. The van der Waals surface area contributed by atoms with Gasteiger partial charge in [0, 0.05) is 28.5 Å². The van der Waals surface area contributed by atoms with Gasteiger partial charge in [-0.3, -0.25) is 9.59 Å². The third kappa shape index (κ3) is 5.52. The van der Waals surface area contributed by atoms with Crippen molar-refractivity contribution in [1.82, 2.24) is 5.32 Å². The lowest BCUT2D eigenvalue weighted by Gasteiger charge is -2.41. The van der Waals surface area contributed by atoms with Crippen LogP contribution in [-0.4, -0.2) is 39.7 Å². The van der Waals surface area contributed by atoms with Crippen molar-refractivity contribution >= 4 is 33.4 Å². The summed E-state index contributed by atoms with van der Waals surface area (Å²) in [5, 5.41) is 3.16. The highest BCUT2D eigenvalue weighted by atomic mass is 79.9. The van der Waals surface area contributed by atoms with Crippen molar-refractivity contribution in [1.29, 1.82) is 0 Å². The van der Waals surface area contributed by atoms with Crippen molar-refractivity contribution in [2.24, 2.45) is 5.92 Å². The Morgan fingerprint density at radius 1 is 1.00 bits per heavy atom. The number of benzene rings is 3. The molecule has 1 saturated carbocycles. The van der Waals surface area contributed by atoms with Crippen molar-refractivity contribution in [2.45, 2.75) is 37.1 Å². The third-order valence-electron chi connectivity index (χ3n) is 7.96. The summed E-state index contributed by atoms with van der Waals surface area (Å²) >= 11 is 3.38. The molecule has 3 aromatic rings. The van der Waals surface area contributed by atoms with Gasteiger partial charge in [-0.05, 0) is 85.0 Å². The Bertz CT molecular complexity index is 1390. The van der Waals surface area contributed by atoms with Gasteiger partial charge in [0.25, 0.3) is 0 Å². The summed E-state index contributed by atoms with van der Waals surface area (Å²) in [5.41, 5.74) is 2.01. The summed E-state index contributed by atoms with van der Waals surface area (Å²) in [4.78, 5) is 29.0. The Morgan fingerprint density at radius 2 is 1.73 bits per heavy atom. The number of hydrogen-bond acceptors (Lipinski definition) is 5. The van der Waals surface area contributed by atoms with E-state index in [2.05, 4.69) is 21.2 Å². The van der Waals surface area contributed by atoms with Crippen LogP contribution in [0.2, 0.25) is 0 Å². The molecule has 3 aromatic carbocycles. The molecule has 2 aliphatic rings. The Morgan fingerprint density at radius 3 is 2.35 bits per heavy atom. The van der Waals surface area contributed by atoms with Crippen LogP contribution in [0.25, 0.3) is 0 Å². The zero-order valence-electron chi connectivity index (χ0n) is 22.7. The van der Waals surface area contributed by atoms with E-state index in [9.17, 15) is 14.0 Å². The number of nitrogens with zero attached hydrogens (tertiary/aromatic N) is 1. The van der Waals surface area contributed by atoms with Crippen molar-refractivity contribution in [3.8, 4) is 17.2 Å². The fraction of sp³-hybridized carbons (Fsp3) is 0.355.